The maximum atomic E-state index is 12.8. The highest BCUT2D eigenvalue weighted by Crippen LogP contribution is 2.35. The van der Waals surface area contributed by atoms with Gasteiger partial charge < -0.3 is 9.84 Å². The summed E-state index contributed by atoms with van der Waals surface area (Å²) >= 11 is 6.79. The summed E-state index contributed by atoms with van der Waals surface area (Å²) in [4.78, 5) is 10.5. The Hall–Kier alpha value is -1.66. The molecule has 0 unspecified atom stereocenters. The number of hydrogen-bond donors (Lipinski definition) is 1. The van der Waals surface area contributed by atoms with Crippen molar-refractivity contribution < 1.29 is 19.0 Å². The van der Waals surface area contributed by atoms with E-state index in [1.807, 2.05) is 0 Å². The molecule has 1 N–H and O–H groups in total. The van der Waals surface area contributed by atoms with Gasteiger partial charge in [-0.1, -0.05) is 12.1 Å². The van der Waals surface area contributed by atoms with Gasteiger partial charge in [0.2, 0.25) is 0 Å². The van der Waals surface area contributed by atoms with Gasteiger partial charge in [0.25, 0.3) is 0 Å². The van der Waals surface area contributed by atoms with E-state index in [2.05, 4.69) is 31.9 Å². The number of benzene rings is 2. The molecule has 22 heavy (non-hydrogen) atoms. The predicted molar refractivity (Wildman–Crippen MR) is 89.2 cm³/mol. The van der Waals surface area contributed by atoms with Crippen LogP contribution in [-0.2, 0) is 11.4 Å². The minimum absolute atomic E-state index is 0.291. The first kappa shape index (κ1) is 16.7. The van der Waals surface area contributed by atoms with Crippen molar-refractivity contribution in [3.8, 4) is 5.75 Å². The third-order valence-corrected chi connectivity index (χ3v) is 3.91. The lowest BCUT2D eigenvalue weighted by molar-refractivity contribution is -0.131. The molecule has 0 aliphatic carbocycles. The van der Waals surface area contributed by atoms with Crippen LogP contribution in [0.15, 0.2) is 51.4 Å². The Morgan fingerprint density at radius 1 is 1.18 bits per heavy atom. The largest absolute Gasteiger partial charge is 0.487 e. The van der Waals surface area contributed by atoms with Crippen LogP contribution in [-0.4, -0.2) is 11.1 Å². The molecule has 0 spiro atoms. The van der Waals surface area contributed by atoms with Crippen LogP contribution in [0.4, 0.5) is 4.39 Å². The number of rotatable bonds is 5. The average molecular weight is 430 g/mol. The van der Waals surface area contributed by atoms with E-state index in [9.17, 15) is 9.18 Å². The van der Waals surface area contributed by atoms with Crippen molar-refractivity contribution in [3.63, 3.8) is 0 Å². The van der Waals surface area contributed by atoms with E-state index in [4.69, 9.17) is 9.84 Å². The molecule has 0 aliphatic rings. The van der Waals surface area contributed by atoms with E-state index in [0.29, 0.717) is 21.3 Å². The first-order chi connectivity index (χ1) is 10.5. The van der Waals surface area contributed by atoms with E-state index in [1.54, 1.807) is 24.3 Å². The van der Waals surface area contributed by atoms with Crippen LogP contribution in [0, 0.1) is 5.82 Å². The molecule has 0 aromatic heterocycles. The molecule has 0 bridgehead atoms. The van der Waals surface area contributed by atoms with Gasteiger partial charge in [0, 0.05) is 6.08 Å². The van der Waals surface area contributed by atoms with Crippen molar-refractivity contribution in [1.82, 2.24) is 0 Å². The van der Waals surface area contributed by atoms with E-state index in [0.717, 1.165) is 17.2 Å². The fourth-order valence-corrected chi connectivity index (χ4v) is 3.17. The summed E-state index contributed by atoms with van der Waals surface area (Å²) in [6, 6.07) is 9.57. The highest BCUT2D eigenvalue weighted by molar-refractivity contribution is 9.11. The maximum Gasteiger partial charge on any atom is 0.328 e. The normalized spacial score (nSPS) is 10.9. The van der Waals surface area contributed by atoms with Gasteiger partial charge in [0.1, 0.15) is 18.2 Å². The Labute approximate surface area is 143 Å². The topological polar surface area (TPSA) is 46.5 Å². The molecule has 6 heteroatoms. The van der Waals surface area contributed by atoms with Crippen LogP contribution in [0.5, 0.6) is 5.75 Å². The van der Waals surface area contributed by atoms with Gasteiger partial charge in [-0.15, -0.1) is 0 Å². The molecule has 2 aromatic carbocycles. The van der Waals surface area contributed by atoms with Crippen LogP contribution in [0.3, 0.4) is 0 Å². The number of aliphatic carboxylic acids is 1. The monoisotopic (exact) mass is 428 g/mol. The molecule has 0 fully saturated rings. The fourth-order valence-electron chi connectivity index (χ4n) is 1.72. The first-order valence-corrected chi connectivity index (χ1v) is 7.81. The second-order valence-electron chi connectivity index (χ2n) is 4.40. The SMILES string of the molecule is O=C(O)C=Cc1cc(Br)c(OCc2ccc(F)cc2)c(Br)c1. The van der Waals surface area contributed by atoms with Crippen LogP contribution in [0.1, 0.15) is 11.1 Å². The molecular weight excluding hydrogens is 419 g/mol. The minimum atomic E-state index is -1.01. The third kappa shape index (κ3) is 4.68. The zero-order valence-corrected chi connectivity index (χ0v) is 14.4. The van der Waals surface area contributed by atoms with Crippen LogP contribution < -0.4 is 4.74 Å². The molecular formula is C16H11Br2FO3. The van der Waals surface area contributed by atoms with Gasteiger partial charge in [-0.25, -0.2) is 9.18 Å². The van der Waals surface area contributed by atoms with E-state index in [-0.39, 0.29) is 5.82 Å². The zero-order chi connectivity index (χ0) is 16.1. The molecule has 0 aliphatic heterocycles. The summed E-state index contributed by atoms with van der Waals surface area (Å²) in [6.07, 6.45) is 2.55. The summed E-state index contributed by atoms with van der Waals surface area (Å²) in [6.45, 7) is 0.293. The third-order valence-electron chi connectivity index (χ3n) is 2.74. The van der Waals surface area contributed by atoms with Gasteiger partial charge in [-0.3, -0.25) is 0 Å². The zero-order valence-electron chi connectivity index (χ0n) is 11.2. The number of ether oxygens (including phenoxy) is 1. The quantitative estimate of drug-likeness (QED) is 0.678. The maximum absolute atomic E-state index is 12.8. The molecule has 0 radical (unpaired) electrons. The van der Waals surface area contributed by atoms with Crippen molar-refractivity contribution in [2.45, 2.75) is 6.61 Å². The summed E-state index contributed by atoms with van der Waals surface area (Å²) < 4.78 is 19.9. The molecule has 0 saturated heterocycles. The lowest BCUT2D eigenvalue weighted by atomic mass is 10.2. The van der Waals surface area contributed by atoms with Gasteiger partial charge in [-0.2, -0.15) is 0 Å². The number of hydrogen-bond acceptors (Lipinski definition) is 2. The Balaban J connectivity index is 2.14. The summed E-state index contributed by atoms with van der Waals surface area (Å²) in [5, 5.41) is 8.64. The first-order valence-electron chi connectivity index (χ1n) is 6.23. The molecule has 0 amide bonds. The van der Waals surface area contributed by atoms with Crippen LogP contribution >= 0.6 is 31.9 Å². The standard InChI is InChI=1S/C16H11Br2FO3/c17-13-7-11(3-6-15(20)21)8-14(18)16(13)22-9-10-1-4-12(19)5-2-10/h1-8H,9H2,(H,20,21). The second kappa shape index (κ2) is 7.56. The highest BCUT2D eigenvalue weighted by atomic mass is 79.9. The van der Waals surface area contributed by atoms with Crippen molar-refractivity contribution in [2.24, 2.45) is 0 Å². The van der Waals surface area contributed by atoms with E-state index in [1.165, 1.54) is 18.2 Å². The number of carboxylic acids is 1. The van der Waals surface area contributed by atoms with Crippen molar-refractivity contribution in [1.29, 1.82) is 0 Å². The Morgan fingerprint density at radius 2 is 1.77 bits per heavy atom. The number of carboxylic acid groups (broad SMARTS) is 1. The molecule has 0 atom stereocenters. The highest BCUT2D eigenvalue weighted by Gasteiger charge is 2.09. The number of carbonyl (C=O) groups is 1. The molecule has 2 aromatic rings. The minimum Gasteiger partial charge on any atom is -0.487 e. The summed E-state index contributed by atoms with van der Waals surface area (Å²) in [7, 11) is 0. The average Bonchev–Trinajstić information content (AvgIpc) is 2.46. The van der Waals surface area contributed by atoms with Gasteiger partial charge in [0.15, 0.2) is 0 Å². The fraction of sp³-hybridized carbons (Fsp3) is 0.0625. The lowest BCUT2D eigenvalue weighted by Crippen LogP contribution is -1.97. The van der Waals surface area contributed by atoms with Crippen LogP contribution in [0.25, 0.3) is 6.08 Å². The summed E-state index contributed by atoms with van der Waals surface area (Å²) in [5.41, 5.74) is 1.56. The number of halogens is 3. The van der Waals surface area contributed by atoms with E-state index >= 15 is 0 Å². The second-order valence-corrected chi connectivity index (χ2v) is 6.11. The predicted octanol–water partition coefficient (Wildman–Crippen LogP) is 5.03. The molecule has 0 heterocycles. The Kier molecular flexibility index (Phi) is 5.74. The van der Waals surface area contributed by atoms with Crippen LogP contribution in [0.2, 0.25) is 0 Å². The smallest absolute Gasteiger partial charge is 0.328 e. The van der Waals surface area contributed by atoms with E-state index < -0.39 is 5.97 Å². The molecule has 0 saturated carbocycles. The lowest BCUT2D eigenvalue weighted by Gasteiger charge is -2.11. The van der Waals surface area contributed by atoms with Gasteiger partial charge in [0.05, 0.1) is 8.95 Å². The van der Waals surface area contributed by atoms with Crippen molar-refractivity contribution in [2.75, 3.05) is 0 Å². The molecule has 2 rings (SSSR count). The molecule has 3 nitrogen and oxygen atoms in total. The molecule has 114 valence electrons. The Morgan fingerprint density at radius 3 is 2.32 bits per heavy atom. The van der Waals surface area contributed by atoms with Crippen molar-refractivity contribution >= 4 is 43.9 Å². The van der Waals surface area contributed by atoms with Crippen molar-refractivity contribution in [3.05, 3.63) is 68.4 Å². The van der Waals surface area contributed by atoms with Gasteiger partial charge >= 0.3 is 5.97 Å². The van der Waals surface area contributed by atoms with Gasteiger partial charge in [-0.05, 0) is 73.3 Å². The Bertz CT molecular complexity index is 689. The summed E-state index contributed by atoms with van der Waals surface area (Å²) in [5.74, 6) is -0.707.